The zero-order valence-electron chi connectivity index (χ0n) is 66.8. The molecule has 0 saturated carbocycles. The summed E-state index contributed by atoms with van der Waals surface area (Å²) in [5.74, 6) is 1.37. The van der Waals surface area contributed by atoms with Crippen molar-refractivity contribution in [2.24, 2.45) is 0 Å². The van der Waals surface area contributed by atoms with Crippen LogP contribution in [-0.2, 0) is 65.3 Å². The number of hydrogen-bond donors (Lipinski definition) is 10. The Morgan fingerprint density at radius 3 is 0.972 bits per heavy atom. The minimum Gasteiger partial charge on any atom is -0.508 e. The second kappa shape index (κ2) is 47.6. The molecule has 5 fully saturated rings. The summed E-state index contributed by atoms with van der Waals surface area (Å²) in [7, 11) is 16.0. The van der Waals surface area contributed by atoms with Gasteiger partial charge in [0.05, 0.1) is 148 Å². The van der Waals surface area contributed by atoms with E-state index in [1.54, 1.807) is 91.0 Å². The van der Waals surface area contributed by atoms with Crippen molar-refractivity contribution >= 4 is 28.4 Å². The van der Waals surface area contributed by atoms with Crippen molar-refractivity contribution in [1.29, 1.82) is 0 Å². The van der Waals surface area contributed by atoms with Gasteiger partial charge < -0.3 is 105 Å². The van der Waals surface area contributed by atoms with E-state index in [1.807, 2.05) is 0 Å². The number of aryl methyl sites for hydroxylation is 5. The number of hydrogen-bond acceptors (Lipinski definition) is 19. The van der Waals surface area contributed by atoms with E-state index >= 15 is 0 Å². The summed E-state index contributed by atoms with van der Waals surface area (Å²) in [5.41, 5.74) is 38.1. The third-order valence-corrected chi connectivity index (χ3v) is 21.6. The van der Waals surface area contributed by atoms with Gasteiger partial charge in [-0.25, -0.2) is 0 Å². The molecule has 24 heteroatoms. The number of nitrogens with two attached hydrogens (primary N) is 5. The average molecular weight is 1500 g/mol. The number of benzene rings is 5. The van der Waals surface area contributed by atoms with Gasteiger partial charge in [0.2, 0.25) is 0 Å². The highest BCUT2D eigenvalue weighted by Crippen LogP contribution is 2.25. The number of rotatable bonds is 36. The number of aromatic hydroxyl groups is 5. The zero-order chi connectivity index (χ0) is 77.4. The second-order valence-corrected chi connectivity index (χ2v) is 32.2. The lowest BCUT2D eigenvalue weighted by molar-refractivity contribution is -0.934. The highest BCUT2D eigenvalue weighted by molar-refractivity contribution is 5.53. The van der Waals surface area contributed by atoms with Gasteiger partial charge in [0.15, 0.2) is 6.73 Å². The maximum Gasteiger partial charge on any atom is 0.183 e. The molecule has 107 heavy (non-hydrogen) atoms. The van der Waals surface area contributed by atoms with E-state index in [9.17, 15) is 25.5 Å². The molecular weight excluding hydrogens is 1360 g/mol. The SMILES string of the molecule is C[N+]1(C)CCN(CCCOCCCc2cc(O)ccc2N)CC1.C[N+]1(C)CCN(CCOCCCc2cc(O)ccc2N)CC1.C[N+]1(CCCOCCCc2cc(O)ccc2N)CCOCC1.C[N+]1(CCOCCCc2cc(O)ccc2N)CCCC1.C[N+]1(COCCCc2cc(O)ccc2N)CCOCC1. The third-order valence-electron chi connectivity index (χ3n) is 21.6. The van der Waals surface area contributed by atoms with Crippen LogP contribution in [0, 0.1) is 0 Å². The van der Waals surface area contributed by atoms with Crippen molar-refractivity contribution in [2.75, 3.05) is 288 Å². The number of ether oxygens (including phenoxy) is 7. The van der Waals surface area contributed by atoms with Gasteiger partial charge in [0.25, 0.3) is 0 Å². The van der Waals surface area contributed by atoms with Crippen molar-refractivity contribution in [3.63, 3.8) is 0 Å². The molecule has 5 aromatic carbocycles. The molecule has 24 nitrogen and oxygen atoms in total. The number of quaternary nitrogens is 5. The summed E-state index contributed by atoms with van der Waals surface area (Å²) < 4.78 is 44.9. The van der Waals surface area contributed by atoms with Gasteiger partial charge >= 0.3 is 0 Å². The van der Waals surface area contributed by atoms with E-state index in [-0.39, 0.29) is 28.7 Å². The van der Waals surface area contributed by atoms with Gasteiger partial charge in [-0.3, -0.25) is 14.3 Å². The lowest BCUT2D eigenvalue weighted by atomic mass is 10.1. The fraction of sp³-hybridized carbons (Fsp3) is 0.639. The molecule has 5 aromatic rings. The minimum absolute atomic E-state index is 0.265. The van der Waals surface area contributed by atoms with Crippen LogP contribution in [-0.4, -0.2) is 318 Å². The number of piperazine rings is 2. The number of nitrogen functional groups attached to an aromatic ring is 5. The molecule has 0 aromatic heterocycles. The first kappa shape index (κ1) is 89.4. The smallest absolute Gasteiger partial charge is 0.183 e. The predicted molar refractivity (Wildman–Crippen MR) is 432 cm³/mol. The first-order valence-electron chi connectivity index (χ1n) is 39.7. The van der Waals surface area contributed by atoms with Crippen LogP contribution in [0.25, 0.3) is 0 Å². The summed E-state index contributed by atoms with van der Waals surface area (Å²) in [6.45, 7) is 32.0. The number of likely N-dealkylation sites (tertiary alicyclic amines) is 1. The Balaban J connectivity index is 0.000000210. The van der Waals surface area contributed by atoms with Crippen molar-refractivity contribution < 1.29 is 81.1 Å². The molecule has 0 spiro atoms. The van der Waals surface area contributed by atoms with Crippen molar-refractivity contribution in [3.8, 4) is 28.7 Å². The van der Waals surface area contributed by atoms with E-state index in [2.05, 4.69) is 59.1 Å². The first-order valence-corrected chi connectivity index (χ1v) is 39.7. The topological polar surface area (TPSA) is 302 Å². The summed E-state index contributed by atoms with van der Waals surface area (Å²) >= 11 is 0. The maximum atomic E-state index is 9.47. The van der Waals surface area contributed by atoms with Crippen LogP contribution in [0.15, 0.2) is 91.0 Å². The Bertz CT molecular complexity index is 3260. The van der Waals surface area contributed by atoms with Gasteiger partial charge in [0.1, 0.15) is 61.5 Å². The molecule has 0 aliphatic carbocycles. The third kappa shape index (κ3) is 36.7. The molecule has 10 rings (SSSR count). The Morgan fingerprint density at radius 2 is 0.607 bits per heavy atom. The summed E-state index contributed by atoms with van der Waals surface area (Å²) in [6.07, 6.45) is 13.7. The lowest BCUT2D eigenvalue weighted by Crippen LogP contribution is -2.55. The molecule has 0 bridgehead atoms. The predicted octanol–water partition coefficient (Wildman–Crippen LogP) is 8.33. The normalized spacial score (nSPS) is 17.9. The highest BCUT2D eigenvalue weighted by Gasteiger charge is 2.29. The Morgan fingerprint density at radius 1 is 0.318 bits per heavy atom. The number of morpholine rings is 2. The van der Waals surface area contributed by atoms with Gasteiger partial charge in [-0.15, -0.1) is 0 Å². The van der Waals surface area contributed by atoms with Crippen molar-refractivity contribution in [2.45, 2.75) is 89.9 Å². The van der Waals surface area contributed by atoms with Crippen LogP contribution in [0.2, 0.25) is 0 Å². The fourth-order valence-corrected chi connectivity index (χ4v) is 13.8. The van der Waals surface area contributed by atoms with Crippen LogP contribution in [0.5, 0.6) is 28.7 Å². The minimum atomic E-state index is 0.265. The van der Waals surface area contributed by atoms with E-state index < -0.39 is 0 Å². The summed E-state index contributed by atoms with van der Waals surface area (Å²) in [5, 5.41) is 47.3. The van der Waals surface area contributed by atoms with Crippen molar-refractivity contribution in [1.82, 2.24) is 9.80 Å². The number of nitrogens with zero attached hydrogens (tertiary/aromatic N) is 7. The largest absolute Gasteiger partial charge is 0.508 e. The van der Waals surface area contributed by atoms with Gasteiger partial charge in [-0.05, 0) is 189 Å². The molecule has 602 valence electrons. The van der Waals surface area contributed by atoms with Crippen LogP contribution in [0.1, 0.15) is 85.6 Å². The summed E-state index contributed by atoms with van der Waals surface area (Å²) in [6, 6.07) is 25.5. The van der Waals surface area contributed by atoms with Crippen LogP contribution in [0.3, 0.4) is 0 Å². The van der Waals surface area contributed by atoms with E-state index in [4.69, 9.17) is 61.8 Å². The second-order valence-electron chi connectivity index (χ2n) is 32.2. The van der Waals surface area contributed by atoms with Gasteiger partial charge in [-0.2, -0.15) is 0 Å². The van der Waals surface area contributed by atoms with E-state index in [0.717, 1.165) is 303 Å². The van der Waals surface area contributed by atoms with Crippen molar-refractivity contribution in [3.05, 3.63) is 119 Å². The Kier molecular flexibility index (Phi) is 39.8. The van der Waals surface area contributed by atoms with Crippen LogP contribution >= 0.6 is 0 Å². The molecule has 0 radical (unpaired) electrons. The highest BCUT2D eigenvalue weighted by atomic mass is 16.5. The monoisotopic (exact) mass is 1500 g/mol. The molecule has 0 amide bonds. The van der Waals surface area contributed by atoms with Crippen LogP contribution < -0.4 is 28.7 Å². The fourth-order valence-electron chi connectivity index (χ4n) is 13.8. The average Bonchev–Trinajstić information content (AvgIpc) is 1.85. The quantitative estimate of drug-likeness (QED) is 0.00780. The lowest BCUT2D eigenvalue weighted by Gasteiger charge is -2.39. The molecular formula is C83H143N12O12+5. The number of likely N-dealkylation sites (N-methyl/N-ethyl adjacent to an activating group) is 5. The van der Waals surface area contributed by atoms with Crippen LogP contribution in [0.4, 0.5) is 28.4 Å². The molecule has 5 aliphatic rings. The molecule has 15 N–H and O–H groups in total. The van der Waals surface area contributed by atoms with E-state index in [0.29, 0.717) is 6.61 Å². The molecule has 0 unspecified atom stereocenters. The van der Waals surface area contributed by atoms with Gasteiger partial charge in [-0.1, -0.05) is 0 Å². The standard InChI is InChI=1S/C18H31N3O2.C17H29N3O2.C17H28N2O3.C16H26N2O2.C15H24N2O3/c1-21(2)11-9-20(10-12-21)8-4-14-23-13-3-5-16-15-17(22)6-7-18(16)19;1-20(2)10-7-19(8-11-20)9-13-22-12-3-4-15-14-16(21)5-6-17(15)18;1-19(8-12-22-13-9-19)7-3-11-21-10-2-4-15-14-16(20)5-6-17(15)18;1-18(8-2-3-9-18)10-12-20-11-4-5-14-13-15(19)6-7-16(14)17;1-17(6-9-19-10-7-17)12-20-8-2-3-13-11-14(18)4-5-15(13)16/h6-7,15H,3-5,8-14,19H2,1-2H3;5-6,14H,3-4,7-13,18H2,1-2H3;5-6,14H,2-4,7-13,18H2,1H3;6-7,13H,2-5,8-12,17H2,1H3;4-5,11H,2-3,6-10,12,16H2,1H3/p+5. The number of phenolic OH excluding ortho intramolecular Hbond substituents is 5. The van der Waals surface area contributed by atoms with E-state index in [1.165, 1.54) is 69.7 Å². The molecule has 5 aliphatic heterocycles. The Labute approximate surface area is 642 Å². The molecule has 5 saturated heterocycles. The Hall–Kier alpha value is -6.46. The molecule has 5 heterocycles. The summed E-state index contributed by atoms with van der Waals surface area (Å²) in [4.78, 5) is 5.02. The maximum absolute atomic E-state index is 9.47. The number of anilines is 5. The van der Waals surface area contributed by atoms with Gasteiger partial charge in [0, 0.05) is 120 Å². The number of phenols is 5. The first-order chi connectivity index (χ1) is 51.2. The zero-order valence-corrected chi connectivity index (χ0v) is 66.8. The molecule has 0 atom stereocenters.